The van der Waals surface area contributed by atoms with Crippen molar-refractivity contribution in [3.63, 3.8) is 0 Å². The van der Waals surface area contributed by atoms with E-state index in [9.17, 15) is 0 Å². The van der Waals surface area contributed by atoms with Gasteiger partial charge >= 0.3 is 0 Å². The molecule has 90 valence electrons. The summed E-state index contributed by atoms with van der Waals surface area (Å²) in [6.07, 6.45) is 1.88. The van der Waals surface area contributed by atoms with Gasteiger partial charge in [0, 0.05) is 0 Å². The Morgan fingerprint density at radius 3 is 2.17 bits per heavy atom. The van der Waals surface area contributed by atoms with Crippen LogP contribution in [-0.2, 0) is 0 Å². The lowest BCUT2D eigenvalue weighted by Crippen LogP contribution is -1.95. The summed E-state index contributed by atoms with van der Waals surface area (Å²) in [5.41, 5.74) is 7.13. The van der Waals surface area contributed by atoms with Gasteiger partial charge < -0.3 is 0 Å². The van der Waals surface area contributed by atoms with E-state index in [1.807, 2.05) is 18.2 Å². The van der Waals surface area contributed by atoms with Crippen molar-refractivity contribution in [3.05, 3.63) is 83.4 Å². The summed E-state index contributed by atoms with van der Waals surface area (Å²) < 4.78 is 0. The topological polar surface area (TPSA) is 0 Å². The molecular formula is C18H18. The molecule has 0 unspecified atom stereocenters. The molecule has 0 amide bonds. The first-order valence-electron chi connectivity index (χ1n) is 6.12. The molecule has 0 heteroatoms. The second-order valence-corrected chi connectivity index (χ2v) is 4.54. The van der Waals surface area contributed by atoms with Crippen LogP contribution in [-0.4, -0.2) is 0 Å². The van der Waals surface area contributed by atoms with Crippen LogP contribution in [0, 0.1) is 13.8 Å². The Bertz CT molecular complexity index is 583. The summed E-state index contributed by atoms with van der Waals surface area (Å²) in [4.78, 5) is 0. The first-order chi connectivity index (χ1) is 8.65. The molecule has 0 nitrogen and oxygen atoms in total. The van der Waals surface area contributed by atoms with Gasteiger partial charge in [-0.25, -0.2) is 0 Å². The highest BCUT2D eigenvalue weighted by Gasteiger charge is 2.10. The molecule has 2 rings (SSSR count). The van der Waals surface area contributed by atoms with Crippen LogP contribution in [0.4, 0.5) is 0 Å². The van der Waals surface area contributed by atoms with Crippen molar-refractivity contribution in [2.75, 3.05) is 0 Å². The summed E-state index contributed by atoms with van der Waals surface area (Å²) in [7, 11) is 0. The maximum absolute atomic E-state index is 4.28. The van der Waals surface area contributed by atoms with Gasteiger partial charge in [0.15, 0.2) is 0 Å². The van der Waals surface area contributed by atoms with Crippen molar-refractivity contribution in [3.8, 4) is 0 Å². The molecule has 0 N–H and O–H groups in total. The van der Waals surface area contributed by atoms with Gasteiger partial charge in [-0.2, -0.15) is 0 Å². The standard InChI is InChI=1S/C18H18/c1-5-16-11-6-7-12-17(16)15(4)18-13(2)9-8-10-14(18)3/h5-12H,1,4H2,2-3H3. The van der Waals surface area contributed by atoms with E-state index < -0.39 is 0 Å². The van der Waals surface area contributed by atoms with Crippen molar-refractivity contribution in [1.29, 1.82) is 0 Å². The van der Waals surface area contributed by atoms with Gasteiger partial charge in [0.25, 0.3) is 0 Å². The predicted octanol–water partition coefficient (Wildman–Crippen LogP) is 5.01. The van der Waals surface area contributed by atoms with E-state index in [1.54, 1.807) is 0 Å². The van der Waals surface area contributed by atoms with Gasteiger partial charge in [-0.1, -0.05) is 61.7 Å². The highest BCUT2D eigenvalue weighted by molar-refractivity contribution is 5.85. The zero-order valence-corrected chi connectivity index (χ0v) is 11.0. The number of benzene rings is 2. The zero-order chi connectivity index (χ0) is 13.1. The average molecular weight is 234 g/mol. The smallest absolute Gasteiger partial charge is 0.0111 e. The Morgan fingerprint density at radius 1 is 0.944 bits per heavy atom. The third kappa shape index (κ3) is 2.14. The number of hydrogen-bond donors (Lipinski definition) is 0. The SMILES string of the molecule is C=Cc1ccccc1C(=C)c1c(C)cccc1C. The van der Waals surface area contributed by atoms with Crippen LogP contribution in [0.25, 0.3) is 11.6 Å². The second kappa shape index (κ2) is 5.05. The van der Waals surface area contributed by atoms with Crippen molar-refractivity contribution in [2.24, 2.45) is 0 Å². The third-order valence-corrected chi connectivity index (χ3v) is 3.29. The lowest BCUT2D eigenvalue weighted by Gasteiger charge is -2.15. The molecule has 0 saturated carbocycles. The van der Waals surface area contributed by atoms with Crippen LogP contribution in [0.2, 0.25) is 0 Å². The summed E-state index contributed by atoms with van der Waals surface area (Å²) in [5.74, 6) is 0. The van der Waals surface area contributed by atoms with Gasteiger partial charge in [0.2, 0.25) is 0 Å². The predicted molar refractivity (Wildman–Crippen MR) is 80.6 cm³/mol. The Balaban J connectivity index is 2.59. The zero-order valence-electron chi connectivity index (χ0n) is 11.0. The minimum absolute atomic E-state index is 1.07. The quantitative estimate of drug-likeness (QED) is 0.700. The van der Waals surface area contributed by atoms with Gasteiger partial charge in [-0.15, -0.1) is 0 Å². The Morgan fingerprint density at radius 2 is 1.56 bits per heavy atom. The molecule has 2 aromatic carbocycles. The first-order valence-corrected chi connectivity index (χ1v) is 6.12. The normalized spacial score (nSPS) is 10.1. The summed E-state index contributed by atoms with van der Waals surface area (Å²) in [6, 6.07) is 14.6. The highest BCUT2D eigenvalue weighted by atomic mass is 14.1. The minimum atomic E-state index is 1.07. The molecule has 0 fully saturated rings. The molecule has 0 aliphatic carbocycles. The number of aryl methyl sites for hydroxylation is 2. The van der Waals surface area contributed by atoms with E-state index in [0.29, 0.717) is 0 Å². The maximum Gasteiger partial charge on any atom is -0.0111 e. The summed E-state index contributed by atoms with van der Waals surface area (Å²) in [6.45, 7) is 12.4. The molecule has 0 atom stereocenters. The Labute approximate surface area is 109 Å². The Kier molecular flexibility index (Phi) is 3.47. The van der Waals surface area contributed by atoms with E-state index in [1.165, 1.54) is 16.7 Å². The molecule has 18 heavy (non-hydrogen) atoms. The van der Waals surface area contributed by atoms with Gasteiger partial charge in [0.05, 0.1) is 0 Å². The van der Waals surface area contributed by atoms with Gasteiger partial charge in [-0.3, -0.25) is 0 Å². The molecule has 0 spiro atoms. The molecule has 0 aliphatic rings. The van der Waals surface area contributed by atoms with Crippen LogP contribution in [0.5, 0.6) is 0 Å². The lowest BCUT2D eigenvalue weighted by molar-refractivity contribution is 1.33. The molecule has 2 aromatic rings. The molecule has 0 saturated heterocycles. The van der Waals surface area contributed by atoms with Crippen LogP contribution >= 0.6 is 0 Å². The maximum atomic E-state index is 4.28. The van der Waals surface area contributed by atoms with E-state index >= 15 is 0 Å². The monoisotopic (exact) mass is 234 g/mol. The average Bonchev–Trinajstić information content (AvgIpc) is 2.38. The van der Waals surface area contributed by atoms with Gasteiger partial charge in [0.1, 0.15) is 0 Å². The van der Waals surface area contributed by atoms with Crippen molar-refractivity contribution >= 4 is 11.6 Å². The molecule has 0 aromatic heterocycles. The second-order valence-electron chi connectivity index (χ2n) is 4.54. The molecule has 0 radical (unpaired) electrons. The summed E-state index contributed by atoms with van der Waals surface area (Å²) >= 11 is 0. The Hall–Kier alpha value is -2.08. The van der Waals surface area contributed by atoms with E-state index in [-0.39, 0.29) is 0 Å². The van der Waals surface area contributed by atoms with Crippen LogP contribution in [0.15, 0.2) is 55.6 Å². The fourth-order valence-corrected chi connectivity index (χ4v) is 2.37. The summed E-state index contributed by atoms with van der Waals surface area (Å²) in [5, 5.41) is 0. The minimum Gasteiger partial charge on any atom is -0.0984 e. The van der Waals surface area contributed by atoms with Crippen molar-refractivity contribution in [1.82, 2.24) is 0 Å². The molecule has 0 bridgehead atoms. The number of rotatable bonds is 3. The molecule has 0 aliphatic heterocycles. The number of hydrogen-bond acceptors (Lipinski definition) is 0. The van der Waals surface area contributed by atoms with Crippen molar-refractivity contribution < 1.29 is 0 Å². The fraction of sp³-hybridized carbons (Fsp3) is 0.111. The van der Waals surface area contributed by atoms with Crippen LogP contribution < -0.4 is 0 Å². The van der Waals surface area contributed by atoms with E-state index in [0.717, 1.165) is 16.7 Å². The van der Waals surface area contributed by atoms with E-state index in [4.69, 9.17) is 0 Å². The van der Waals surface area contributed by atoms with E-state index in [2.05, 4.69) is 57.3 Å². The van der Waals surface area contributed by atoms with Gasteiger partial charge in [-0.05, 0) is 47.2 Å². The first kappa shape index (κ1) is 12.4. The molecular weight excluding hydrogens is 216 g/mol. The van der Waals surface area contributed by atoms with Crippen molar-refractivity contribution in [2.45, 2.75) is 13.8 Å². The van der Waals surface area contributed by atoms with Crippen LogP contribution in [0.3, 0.4) is 0 Å². The highest BCUT2D eigenvalue weighted by Crippen LogP contribution is 2.29. The fourth-order valence-electron chi connectivity index (χ4n) is 2.37. The van der Waals surface area contributed by atoms with Crippen LogP contribution in [0.1, 0.15) is 27.8 Å². The largest absolute Gasteiger partial charge is 0.0984 e. The third-order valence-electron chi connectivity index (χ3n) is 3.29. The lowest BCUT2D eigenvalue weighted by atomic mass is 9.90. The molecule has 0 heterocycles.